The van der Waals surface area contributed by atoms with Crippen molar-refractivity contribution in [3.63, 3.8) is 0 Å². The summed E-state index contributed by atoms with van der Waals surface area (Å²) in [7, 11) is 1.82. The second-order valence-corrected chi connectivity index (χ2v) is 7.35. The second kappa shape index (κ2) is 7.12. The van der Waals surface area contributed by atoms with E-state index in [0.29, 0.717) is 18.8 Å². The summed E-state index contributed by atoms with van der Waals surface area (Å²) in [5, 5.41) is 17.7. The minimum absolute atomic E-state index is 0.0142. The van der Waals surface area contributed by atoms with Gasteiger partial charge in [-0.1, -0.05) is 30.3 Å². The number of aromatic nitrogens is 6. The number of amides is 1. The van der Waals surface area contributed by atoms with Crippen LogP contribution in [0.25, 0.3) is 16.9 Å². The van der Waals surface area contributed by atoms with Crippen LogP contribution in [0.3, 0.4) is 0 Å². The van der Waals surface area contributed by atoms with Crippen LogP contribution in [0.4, 0.5) is 0 Å². The van der Waals surface area contributed by atoms with Crippen LogP contribution in [-0.2, 0) is 7.05 Å². The molecule has 4 heterocycles. The molecule has 146 valence electrons. The van der Waals surface area contributed by atoms with Crippen molar-refractivity contribution < 1.29 is 4.79 Å². The fraction of sp³-hybridized carbons (Fsp3) is 0.286. The Labute approximate surface area is 167 Å². The molecule has 1 fully saturated rings. The number of hydrogen-bond acceptors (Lipinski definition) is 5. The number of aryl methyl sites for hydroxylation is 1. The van der Waals surface area contributed by atoms with E-state index >= 15 is 0 Å². The van der Waals surface area contributed by atoms with Gasteiger partial charge in [0, 0.05) is 37.8 Å². The largest absolute Gasteiger partial charge is 0.337 e. The van der Waals surface area contributed by atoms with Crippen molar-refractivity contribution in [1.29, 1.82) is 0 Å². The summed E-state index contributed by atoms with van der Waals surface area (Å²) in [4.78, 5) is 14.5. The van der Waals surface area contributed by atoms with E-state index in [4.69, 9.17) is 5.10 Å². The molecule has 5 rings (SSSR count). The van der Waals surface area contributed by atoms with Crippen LogP contribution in [0.15, 0.2) is 54.7 Å². The van der Waals surface area contributed by atoms with Gasteiger partial charge in [0.2, 0.25) is 0 Å². The highest BCUT2D eigenvalue weighted by atomic mass is 16.2. The smallest absolute Gasteiger partial charge is 0.274 e. The highest BCUT2D eigenvalue weighted by Crippen LogP contribution is 2.28. The molecule has 1 amide bonds. The van der Waals surface area contributed by atoms with Gasteiger partial charge >= 0.3 is 0 Å². The van der Waals surface area contributed by atoms with Gasteiger partial charge in [-0.2, -0.15) is 14.7 Å². The van der Waals surface area contributed by atoms with Crippen molar-refractivity contribution in [3.8, 4) is 11.3 Å². The number of rotatable bonds is 3. The summed E-state index contributed by atoms with van der Waals surface area (Å²) in [5.41, 5.74) is 3.19. The quantitative estimate of drug-likeness (QED) is 0.540. The Bertz CT molecular complexity index is 1160. The Hall–Kier alpha value is -3.55. The van der Waals surface area contributed by atoms with Gasteiger partial charge in [-0.15, -0.1) is 10.2 Å². The predicted octanol–water partition coefficient (Wildman–Crippen LogP) is 2.54. The Balaban J connectivity index is 1.36. The summed E-state index contributed by atoms with van der Waals surface area (Å²) >= 11 is 0. The molecule has 0 bridgehead atoms. The van der Waals surface area contributed by atoms with Gasteiger partial charge in [0.05, 0.1) is 5.69 Å². The molecule has 0 aliphatic carbocycles. The minimum atomic E-state index is -0.0142. The highest BCUT2D eigenvalue weighted by Gasteiger charge is 2.28. The maximum absolute atomic E-state index is 12.6. The fourth-order valence-corrected chi connectivity index (χ4v) is 3.85. The van der Waals surface area contributed by atoms with Crippen LogP contribution in [0.5, 0.6) is 0 Å². The Morgan fingerprint density at radius 1 is 0.966 bits per heavy atom. The lowest BCUT2D eigenvalue weighted by atomic mass is 9.96. The topological polar surface area (TPSA) is 81.2 Å². The third-order valence-electron chi connectivity index (χ3n) is 5.44. The molecule has 0 unspecified atom stereocenters. The van der Waals surface area contributed by atoms with Crippen LogP contribution < -0.4 is 0 Å². The van der Waals surface area contributed by atoms with Gasteiger partial charge in [-0.25, -0.2) is 0 Å². The van der Waals surface area contributed by atoms with Crippen LogP contribution in [0.2, 0.25) is 0 Å². The van der Waals surface area contributed by atoms with E-state index in [0.717, 1.165) is 35.6 Å². The second-order valence-electron chi connectivity index (χ2n) is 7.35. The van der Waals surface area contributed by atoms with Crippen molar-refractivity contribution in [2.75, 3.05) is 13.1 Å². The molecule has 8 heteroatoms. The zero-order valence-corrected chi connectivity index (χ0v) is 16.1. The van der Waals surface area contributed by atoms with Crippen molar-refractivity contribution in [2.45, 2.75) is 18.8 Å². The number of carbonyl (C=O) groups excluding carboxylic acids is 1. The molecule has 3 aromatic heterocycles. The normalized spacial score (nSPS) is 15.1. The molecule has 0 saturated carbocycles. The van der Waals surface area contributed by atoms with Gasteiger partial charge in [-0.05, 0) is 31.0 Å². The third-order valence-corrected chi connectivity index (χ3v) is 5.44. The Kier molecular flexibility index (Phi) is 4.31. The number of nitrogens with zero attached hydrogens (tertiary/aromatic N) is 7. The molecule has 1 aromatic carbocycles. The Morgan fingerprint density at radius 2 is 1.76 bits per heavy atom. The summed E-state index contributed by atoms with van der Waals surface area (Å²) in [6, 6.07) is 15.8. The molecule has 0 radical (unpaired) electrons. The SMILES string of the molecule is Cn1ccc(C(=O)N2CCC(c3nnc4ccc(-c5ccccc5)nn34)CC2)n1. The van der Waals surface area contributed by atoms with Gasteiger partial charge in [0.25, 0.3) is 5.91 Å². The molecule has 0 atom stereocenters. The van der Waals surface area contributed by atoms with E-state index < -0.39 is 0 Å². The Morgan fingerprint density at radius 3 is 2.48 bits per heavy atom. The van der Waals surface area contributed by atoms with E-state index in [1.54, 1.807) is 16.9 Å². The first-order valence-electron chi connectivity index (χ1n) is 9.76. The first-order valence-corrected chi connectivity index (χ1v) is 9.76. The third kappa shape index (κ3) is 3.26. The lowest BCUT2D eigenvalue weighted by molar-refractivity contribution is 0.0704. The van der Waals surface area contributed by atoms with E-state index in [-0.39, 0.29) is 11.8 Å². The number of benzene rings is 1. The van der Waals surface area contributed by atoms with E-state index in [1.165, 1.54) is 0 Å². The molecular formula is C21H21N7O. The zero-order chi connectivity index (χ0) is 19.8. The van der Waals surface area contributed by atoms with Crippen molar-refractivity contribution in [1.82, 2.24) is 34.5 Å². The van der Waals surface area contributed by atoms with Gasteiger partial charge in [0.15, 0.2) is 11.5 Å². The van der Waals surface area contributed by atoms with Gasteiger partial charge in [0.1, 0.15) is 5.69 Å². The van der Waals surface area contributed by atoms with Crippen LogP contribution in [0.1, 0.15) is 35.1 Å². The number of hydrogen-bond donors (Lipinski definition) is 0. The van der Waals surface area contributed by atoms with Crippen molar-refractivity contribution in [2.24, 2.45) is 7.05 Å². The molecule has 1 aliphatic heterocycles. The van der Waals surface area contributed by atoms with Gasteiger partial charge < -0.3 is 4.90 Å². The van der Waals surface area contributed by atoms with E-state index in [2.05, 4.69) is 15.3 Å². The molecule has 1 aliphatic rings. The maximum atomic E-state index is 12.6. The molecule has 29 heavy (non-hydrogen) atoms. The molecule has 0 spiro atoms. The first-order chi connectivity index (χ1) is 14.2. The van der Waals surface area contributed by atoms with Crippen LogP contribution >= 0.6 is 0 Å². The first kappa shape index (κ1) is 17.5. The van der Waals surface area contributed by atoms with E-state index in [1.807, 2.05) is 58.9 Å². The lowest BCUT2D eigenvalue weighted by Crippen LogP contribution is -2.38. The van der Waals surface area contributed by atoms with Gasteiger partial charge in [-0.3, -0.25) is 9.48 Å². The monoisotopic (exact) mass is 387 g/mol. The summed E-state index contributed by atoms with van der Waals surface area (Å²) in [6.45, 7) is 1.35. The highest BCUT2D eigenvalue weighted by molar-refractivity contribution is 5.92. The molecule has 0 N–H and O–H groups in total. The predicted molar refractivity (Wildman–Crippen MR) is 107 cm³/mol. The maximum Gasteiger partial charge on any atom is 0.274 e. The average molecular weight is 387 g/mol. The molecule has 1 saturated heterocycles. The van der Waals surface area contributed by atoms with Crippen molar-refractivity contribution >= 4 is 11.6 Å². The number of piperidine rings is 1. The molecule has 8 nitrogen and oxygen atoms in total. The number of fused-ring (bicyclic) bond motifs is 1. The fourth-order valence-electron chi connectivity index (χ4n) is 3.85. The minimum Gasteiger partial charge on any atom is -0.337 e. The molecular weight excluding hydrogens is 366 g/mol. The van der Waals surface area contributed by atoms with Crippen LogP contribution in [-0.4, -0.2) is 53.5 Å². The summed E-state index contributed by atoms with van der Waals surface area (Å²) < 4.78 is 3.50. The summed E-state index contributed by atoms with van der Waals surface area (Å²) in [6.07, 6.45) is 3.45. The zero-order valence-electron chi connectivity index (χ0n) is 16.1. The summed E-state index contributed by atoms with van der Waals surface area (Å²) in [5.74, 6) is 1.07. The number of carbonyl (C=O) groups is 1. The standard InChI is InChI=1S/C21H21N7O/c1-26-12-11-18(24-26)21(29)27-13-9-16(10-14-27)20-23-22-19-8-7-17(25-28(19)20)15-5-3-2-4-6-15/h2-8,11-12,16H,9-10,13-14H2,1H3. The van der Waals surface area contributed by atoms with Crippen LogP contribution in [0, 0.1) is 0 Å². The average Bonchev–Trinajstić information content (AvgIpc) is 3.40. The number of likely N-dealkylation sites (tertiary alicyclic amines) is 1. The lowest BCUT2D eigenvalue weighted by Gasteiger charge is -2.30. The van der Waals surface area contributed by atoms with Crippen molar-refractivity contribution in [3.05, 3.63) is 66.2 Å². The van der Waals surface area contributed by atoms with E-state index in [9.17, 15) is 4.79 Å². The molecule has 4 aromatic rings.